The van der Waals surface area contributed by atoms with Crippen LogP contribution in [-0.4, -0.2) is 84.2 Å². The topological polar surface area (TPSA) is 155 Å². The Hall–Kier alpha value is -3.06. The molecule has 1 fully saturated rings. The lowest BCUT2D eigenvalue weighted by atomic mass is 10.1. The van der Waals surface area contributed by atoms with Crippen LogP contribution in [0.25, 0.3) is 0 Å². The van der Waals surface area contributed by atoms with E-state index in [2.05, 4.69) is 10.3 Å². The van der Waals surface area contributed by atoms with Crippen LogP contribution in [0.4, 0.5) is 0 Å². The number of aliphatic hydroxyl groups is 1. The first-order chi connectivity index (χ1) is 15.6. The zero-order chi connectivity index (χ0) is 24.1. The number of rotatable bonds is 9. The Morgan fingerprint density at radius 3 is 2.27 bits per heavy atom. The van der Waals surface area contributed by atoms with Crippen molar-refractivity contribution in [3.05, 3.63) is 59.9 Å². The number of hydrogen-bond donors (Lipinski definition) is 3. The molecule has 4 N–H and O–H groups in total. The summed E-state index contributed by atoms with van der Waals surface area (Å²) in [4.78, 5) is 29.9. The number of carbonyl (C=O) groups is 2. The van der Waals surface area contributed by atoms with Crippen LogP contribution in [0.2, 0.25) is 0 Å². The van der Waals surface area contributed by atoms with Crippen molar-refractivity contribution in [3.8, 4) is 5.75 Å². The van der Waals surface area contributed by atoms with E-state index in [1.54, 1.807) is 36.7 Å². The van der Waals surface area contributed by atoms with Crippen LogP contribution in [0.5, 0.6) is 5.75 Å². The molecule has 2 aromatic rings. The number of carbonyl (C=O) groups excluding carboxylic acids is 2. The van der Waals surface area contributed by atoms with Crippen LogP contribution in [-0.2, 0) is 21.4 Å². The average molecular weight is 478 g/mol. The number of sulfonamides is 1. The monoisotopic (exact) mass is 477 g/mol. The van der Waals surface area contributed by atoms with Gasteiger partial charge in [-0.3, -0.25) is 19.5 Å². The molecule has 178 valence electrons. The van der Waals surface area contributed by atoms with Crippen molar-refractivity contribution < 1.29 is 27.9 Å². The predicted molar refractivity (Wildman–Crippen MR) is 119 cm³/mol. The van der Waals surface area contributed by atoms with Gasteiger partial charge < -0.3 is 20.9 Å². The highest BCUT2D eigenvalue weighted by Gasteiger charge is 2.43. The maximum Gasteiger partial charge on any atom is 0.266 e. The van der Waals surface area contributed by atoms with Gasteiger partial charge in [0.15, 0.2) is 0 Å². The fraction of sp³-hybridized carbons (Fsp3) is 0.381. The van der Waals surface area contributed by atoms with E-state index in [1.165, 1.54) is 9.21 Å². The molecule has 3 rings (SSSR count). The number of aromatic nitrogens is 1. The highest BCUT2D eigenvalue weighted by molar-refractivity contribution is 7.88. The lowest BCUT2D eigenvalue weighted by Gasteiger charge is -2.41. The number of nitrogens with zero attached hydrogens (tertiary/aromatic N) is 3. The van der Waals surface area contributed by atoms with Crippen molar-refractivity contribution >= 4 is 21.8 Å². The van der Waals surface area contributed by atoms with Crippen LogP contribution in [0.1, 0.15) is 15.9 Å². The standard InChI is InChI=1S/C21H27N5O6S/c1-33(30,31)26-12-10-25(11-13-26)21(29,20(22)28)15-24-19(27)17-2-4-18(5-3-17)32-14-16-6-8-23-9-7-16/h2-9,29H,10-15H2,1H3,(H2,22,28)(H,24,27)/t21-/m0/s1. The van der Waals surface area contributed by atoms with Gasteiger partial charge >= 0.3 is 0 Å². The third kappa shape index (κ3) is 6.26. The molecule has 33 heavy (non-hydrogen) atoms. The molecule has 1 aliphatic rings. The molecule has 0 spiro atoms. The second kappa shape index (κ2) is 10.3. The molecule has 1 saturated heterocycles. The molecule has 2 heterocycles. The maximum absolute atomic E-state index is 12.5. The summed E-state index contributed by atoms with van der Waals surface area (Å²) < 4.78 is 30.3. The molecular weight excluding hydrogens is 450 g/mol. The van der Waals surface area contributed by atoms with Gasteiger partial charge in [0.25, 0.3) is 11.8 Å². The van der Waals surface area contributed by atoms with Crippen molar-refractivity contribution in [2.45, 2.75) is 12.3 Å². The molecule has 0 unspecified atom stereocenters. The van der Waals surface area contributed by atoms with Crippen LogP contribution < -0.4 is 15.8 Å². The third-order valence-electron chi connectivity index (χ3n) is 5.39. The van der Waals surface area contributed by atoms with E-state index in [9.17, 15) is 23.1 Å². The van der Waals surface area contributed by atoms with E-state index < -0.39 is 34.1 Å². The average Bonchev–Trinajstić information content (AvgIpc) is 2.81. The number of nitrogens with one attached hydrogen (secondary N) is 1. The summed E-state index contributed by atoms with van der Waals surface area (Å²) in [7, 11) is -3.37. The number of nitrogens with two attached hydrogens (primary N) is 1. The van der Waals surface area contributed by atoms with Crippen LogP contribution in [0, 0.1) is 0 Å². The van der Waals surface area contributed by atoms with Gasteiger partial charge in [-0.25, -0.2) is 8.42 Å². The van der Waals surface area contributed by atoms with Crippen LogP contribution in [0.15, 0.2) is 48.8 Å². The van der Waals surface area contributed by atoms with Gasteiger partial charge in [0, 0.05) is 44.1 Å². The van der Waals surface area contributed by atoms with E-state index in [-0.39, 0.29) is 26.2 Å². The molecule has 0 saturated carbocycles. The van der Waals surface area contributed by atoms with E-state index in [0.29, 0.717) is 17.9 Å². The van der Waals surface area contributed by atoms with Gasteiger partial charge in [0.05, 0.1) is 12.8 Å². The zero-order valence-electron chi connectivity index (χ0n) is 18.2. The van der Waals surface area contributed by atoms with Gasteiger partial charge in [-0.2, -0.15) is 4.31 Å². The lowest BCUT2D eigenvalue weighted by Crippen LogP contribution is -2.67. The highest BCUT2D eigenvalue weighted by atomic mass is 32.2. The first-order valence-corrected chi connectivity index (χ1v) is 12.1. The third-order valence-corrected chi connectivity index (χ3v) is 6.70. The fourth-order valence-corrected chi connectivity index (χ4v) is 4.22. The summed E-state index contributed by atoms with van der Waals surface area (Å²) in [6, 6.07) is 10.1. The van der Waals surface area contributed by atoms with E-state index in [1.807, 2.05) is 12.1 Å². The van der Waals surface area contributed by atoms with Crippen molar-refractivity contribution in [2.24, 2.45) is 5.73 Å². The normalized spacial score (nSPS) is 17.2. The van der Waals surface area contributed by atoms with Gasteiger partial charge in [-0.05, 0) is 42.0 Å². The minimum atomic E-state index is -3.37. The van der Waals surface area contributed by atoms with Gasteiger partial charge in [-0.1, -0.05) is 0 Å². The summed E-state index contributed by atoms with van der Waals surface area (Å²) in [5.41, 5.74) is 4.53. The second-order valence-electron chi connectivity index (χ2n) is 7.68. The molecular formula is C21H27N5O6S. The molecule has 2 amide bonds. The van der Waals surface area contributed by atoms with Crippen molar-refractivity contribution in [3.63, 3.8) is 0 Å². The number of hydrogen-bond acceptors (Lipinski definition) is 8. The summed E-state index contributed by atoms with van der Waals surface area (Å²) in [6.45, 7) is 0.289. The molecule has 12 heteroatoms. The fourth-order valence-electron chi connectivity index (χ4n) is 3.40. The number of primary amides is 1. The van der Waals surface area contributed by atoms with Crippen molar-refractivity contribution in [1.29, 1.82) is 0 Å². The summed E-state index contributed by atoms with van der Waals surface area (Å²) >= 11 is 0. The number of piperazine rings is 1. The second-order valence-corrected chi connectivity index (χ2v) is 9.66. The van der Waals surface area contributed by atoms with E-state index in [4.69, 9.17) is 10.5 Å². The molecule has 1 aromatic heterocycles. The Kier molecular flexibility index (Phi) is 7.64. The Labute approximate surface area is 192 Å². The predicted octanol–water partition coefficient (Wildman–Crippen LogP) is -0.858. The van der Waals surface area contributed by atoms with Crippen molar-refractivity contribution in [1.82, 2.24) is 19.5 Å². The first kappa shape index (κ1) is 24.6. The Bertz CT molecular complexity index is 1070. The number of amides is 2. The Morgan fingerprint density at radius 2 is 1.73 bits per heavy atom. The van der Waals surface area contributed by atoms with Gasteiger partial charge in [0.1, 0.15) is 12.4 Å². The first-order valence-electron chi connectivity index (χ1n) is 10.2. The maximum atomic E-state index is 12.5. The highest BCUT2D eigenvalue weighted by Crippen LogP contribution is 2.17. The molecule has 0 aliphatic carbocycles. The Balaban J connectivity index is 1.56. The van der Waals surface area contributed by atoms with E-state index >= 15 is 0 Å². The van der Waals surface area contributed by atoms with Crippen molar-refractivity contribution in [2.75, 3.05) is 39.0 Å². The molecule has 1 atom stereocenters. The van der Waals surface area contributed by atoms with Gasteiger partial charge in [0.2, 0.25) is 15.7 Å². The summed E-state index contributed by atoms with van der Waals surface area (Å²) in [5, 5.41) is 13.4. The minimum Gasteiger partial charge on any atom is -0.489 e. The molecule has 0 radical (unpaired) electrons. The quantitative estimate of drug-likeness (QED) is 0.421. The SMILES string of the molecule is CS(=O)(=O)N1CCN([C@](O)(CNC(=O)c2ccc(OCc3ccncc3)cc2)C(N)=O)CC1. The Morgan fingerprint density at radius 1 is 1.12 bits per heavy atom. The lowest BCUT2D eigenvalue weighted by molar-refractivity contribution is -0.161. The smallest absolute Gasteiger partial charge is 0.266 e. The van der Waals surface area contributed by atoms with E-state index in [0.717, 1.165) is 11.8 Å². The summed E-state index contributed by atoms with van der Waals surface area (Å²) in [5.74, 6) is -0.971. The minimum absolute atomic E-state index is 0.0892. The molecule has 0 bridgehead atoms. The largest absolute Gasteiger partial charge is 0.489 e. The number of pyridine rings is 1. The summed E-state index contributed by atoms with van der Waals surface area (Å²) in [6.07, 6.45) is 4.44. The number of ether oxygens (including phenoxy) is 1. The molecule has 1 aliphatic heterocycles. The van der Waals surface area contributed by atoms with Crippen LogP contribution >= 0.6 is 0 Å². The molecule has 11 nitrogen and oxygen atoms in total. The zero-order valence-corrected chi connectivity index (χ0v) is 19.0. The molecule has 1 aromatic carbocycles. The number of benzene rings is 1. The van der Waals surface area contributed by atoms with Gasteiger partial charge in [-0.15, -0.1) is 0 Å². The van der Waals surface area contributed by atoms with Crippen LogP contribution in [0.3, 0.4) is 0 Å².